The van der Waals surface area contributed by atoms with E-state index in [1.807, 2.05) is 6.07 Å². The number of benzene rings is 1. The molecule has 0 saturated carbocycles. The Bertz CT molecular complexity index is 832. The first-order chi connectivity index (χ1) is 11.2. The first kappa shape index (κ1) is 14.0. The molecule has 0 radical (unpaired) electrons. The third kappa shape index (κ3) is 2.60. The normalized spacial score (nSPS) is 16.1. The van der Waals surface area contributed by atoms with E-state index in [2.05, 4.69) is 45.0 Å². The standard InChI is InChI=1S/C17H20N6/c1-11-3-2-4-13-16(11)22-17(21-13)12-5-7-23(8-6-12)15-9-14(18)19-10-20-15/h2-4,9-10,12H,5-8H2,1H3,(H,21,22)(H2,18,19,20). The number of anilines is 2. The van der Waals surface area contributed by atoms with Crippen LogP contribution >= 0.6 is 0 Å². The van der Waals surface area contributed by atoms with E-state index in [1.165, 1.54) is 11.9 Å². The van der Waals surface area contributed by atoms with Crippen LogP contribution in [0.3, 0.4) is 0 Å². The molecule has 6 nitrogen and oxygen atoms in total. The fourth-order valence-corrected chi connectivity index (χ4v) is 3.30. The molecule has 0 aliphatic carbocycles. The number of nitrogens with one attached hydrogen (secondary N) is 1. The Kier molecular flexibility index (Phi) is 3.37. The number of hydrogen-bond acceptors (Lipinski definition) is 5. The van der Waals surface area contributed by atoms with Gasteiger partial charge in [0.2, 0.25) is 0 Å². The van der Waals surface area contributed by atoms with Crippen molar-refractivity contribution in [2.75, 3.05) is 23.7 Å². The lowest BCUT2D eigenvalue weighted by Crippen LogP contribution is -2.33. The van der Waals surface area contributed by atoms with Gasteiger partial charge in [0.25, 0.3) is 0 Å². The van der Waals surface area contributed by atoms with E-state index in [0.29, 0.717) is 11.7 Å². The molecule has 3 aromatic rings. The Balaban J connectivity index is 1.51. The lowest BCUT2D eigenvalue weighted by atomic mass is 9.96. The summed E-state index contributed by atoms with van der Waals surface area (Å²) in [6.45, 7) is 4.02. The quantitative estimate of drug-likeness (QED) is 0.760. The molecule has 1 saturated heterocycles. The molecule has 0 amide bonds. The van der Waals surface area contributed by atoms with Crippen molar-refractivity contribution < 1.29 is 0 Å². The zero-order valence-corrected chi connectivity index (χ0v) is 13.2. The van der Waals surface area contributed by atoms with Crippen molar-refractivity contribution in [3.63, 3.8) is 0 Å². The number of H-pyrrole nitrogens is 1. The minimum Gasteiger partial charge on any atom is -0.384 e. The topological polar surface area (TPSA) is 83.7 Å². The Labute approximate surface area is 134 Å². The highest BCUT2D eigenvalue weighted by Gasteiger charge is 2.24. The van der Waals surface area contributed by atoms with Gasteiger partial charge in [-0.2, -0.15) is 0 Å². The summed E-state index contributed by atoms with van der Waals surface area (Å²) in [6, 6.07) is 8.11. The van der Waals surface area contributed by atoms with Crippen molar-refractivity contribution in [1.82, 2.24) is 19.9 Å². The fourth-order valence-electron chi connectivity index (χ4n) is 3.30. The van der Waals surface area contributed by atoms with Crippen LogP contribution in [-0.4, -0.2) is 33.0 Å². The number of aromatic nitrogens is 4. The highest BCUT2D eigenvalue weighted by atomic mass is 15.2. The van der Waals surface area contributed by atoms with Gasteiger partial charge in [-0.15, -0.1) is 0 Å². The third-order valence-electron chi connectivity index (χ3n) is 4.61. The summed E-state index contributed by atoms with van der Waals surface area (Å²) < 4.78 is 0. The molecule has 3 heterocycles. The molecule has 4 rings (SSSR count). The molecule has 1 aliphatic heterocycles. The van der Waals surface area contributed by atoms with Crippen molar-refractivity contribution >= 4 is 22.7 Å². The second kappa shape index (κ2) is 5.53. The van der Waals surface area contributed by atoms with Gasteiger partial charge in [-0.1, -0.05) is 12.1 Å². The second-order valence-corrected chi connectivity index (χ2v) is 6.16. The third-order valence-corrected chi connectivity index (χ3v) is 4.61. The summed E-state index contributed by atoms with van der Waals surface area (Å²) in [5.41, 5.74) is 9.19. The number of nitrogens with zero attached hydrogens (tertiary/aromatic N) is 4. The average molecular weight is 308 g/mol. The average Bonchev–Trinajstić information content (AvgIpc) is 3.01. The van der Waals surface area contributed by atoms with Crippen molar-refractivity contribution in [3.8, 4) is 0 Å². The van der Waals surface area contributed by atoms with Crippen molar-refractivity contribution in [2.45, 2.75) is 25.7 Å². The van der Waals surface area contributed by atoms with Gasteiger partial charge in [0.05, 0.1) is 11.0 Å². The van der Waals surface area contributed by atoms with Crippen LogP contribution in [0.2, 0.25) is 0 Å². The molecule has 23 heavy (non-hydrogen) atoms. The molecule has 1 aliphatic rings. The number of nitrogens with two attached hydrogens (primary N) is 1. The van der Waals surface area contributed by atoms with E-state index in [-0.39, 0.29) is 0 Å². The smallest absolute Gasteiger partial charge is 0.134 e. The molecule has 6 heteroatoms. The van der Waals surface area contributed by atoms with E-state index >= 15 is 0 Å². The summed E-state index contributed by atoms with van der Waals surface area (Å²) in [5.74, 6) is 3.01. The number of rotatable bonds is 2. The summed E-state index contributed by atoms with van der Waals surface area (Å²) in [7, 11) is 0. The van der Waals surface area contributed by atoms with Crippen LogP contribution in [0.5, 0.6) is 0 Å². The van der Waals surface area contributed by atoms with Gasteiger partial charge < -0.3 is 15.6 Å². The van der Waals surface area contributed by atoms with E-state index in [0.717, 1.165) is 48.6 Å². The molecule has 3 N–H and O–H groups in total. The lowest BCUT2D eigenvalue weighted by Gasteiger charge is -2.31. The highest BCUT2D eigenvalue weighted by Crippen LogP contribution is 2.30. The van der Waals surface area contributed by atoms with Crippen LogP contribution in [0.15, 0.2) is 30.6 Å². The maximum absolute atomic E-state index is 5.75. The van der Waals surface area contributed by atoms with Crippen LogP contribution in [0.1, 0.15) is 30.1 Å². The van der Waals surface area contributed by atoms with Gasteiger partial charge in [-0.25, -0.2) is 15.0 Å². The van der Waals surface area contributed by atoms with Crippen molar-refractivity contribution in [1.29, 1.82) is 0 Å². The van der Waals surface area contributed by atoms with Gasteiger partial charge >= 0.3 is 0 Å². The molecular weight excluding hydrogens is 288 g/mol. The largest absolute Gasteiger partial charge is 0.384 e. The summed E-state index contributed by atoms with van der Waals surface area (Å²) in [6.07, 6.45) is 3.64. The SMILES string of the molecule is Cc1cccc2[nH]c(C3CCN(c4cc(N)ncn4)CC3)nc12. The van der Waals surface area contributed by atoms with Gasteiger partial charge in [0.1, 0.15) is 23.8 Å². The number of aryl methyl sites for hydroxylation is 1. The number of nitrogen functional groups attached to an aromatic ring is 1. The summed E-state index contributed by atoms with van der Waals surface area (Å²) in [4.78, 5) is 18.9. The lowest BCUT2D eigenvalue weighted by molar-refractivity contribution is 0.487. The molecule has 1 aromatic carbocycles. The van der Waals surface area contributed by atoms with Crippen molar-refractivity contribution in [2.24, 2.45) is 0 Å². The molecular formula is C17H20N6. The molecule has 2 aromatic heterocycles. The minimum atomic E-state index is 0.470. The number of hydrogen-bond donors (Lipinski definition) is 2. The monoisotopic (exact) mass is 308 g/mol. The van der Waals surface area contributed by atoms with Crippen LogP contribution in [0.25, 0.3) is 11.0 Å². The number of para-hydroxylation sites is 1. The number of aromatic amines is 1. The molecule has 0 bridgehead atoms. The molecule has 118 valence electrons. The number of piperidine rings is 1. The maximum atomic E-state index is 5.75. The first-order valence-corrected chi connectivity index (χ1v) is 7.98. The summed E-state index contributed by atoms with van der Waals surface area (Å²) in [5, 5.41) is 0. The van der Waals surface area contributed by atoms with Gasteiger partial charge in [-0.3, -0.25) is 0 Å². The van der Waals surface area contributed by atoms with E-state index in [1.54, 1.807) is 0 Å². The first-order valence-electron chi connectivity index (χ1n) is 7.98. The molecule has 1 fully saturated rings. The molecule has 0 spiro atoms. The van der Waals surface area contributed by atoms with Gasteiger partial charge in [0.15, 0.2) is 0 Å². The zero-order valence-electron chi connectivity index (χ0n) is 13.2. The van der Waals surface area contributed by atoms with E-state index in [4.69, 9.17) is 10.7 Å². The van der Waals surface area contributed by atoms with E-state index in [9.17, 15) is 0 Å². The molecule has 0 atom stereocenters. The summed E-state index contributed by atoms with van der Waals surface area (Å²) >= 11 is 0. The van der Waals surface area contributed by atoms with Crippen LogP contribution in [-0.2, 0) is 0 Å². The zero-order chi connectivity index (χ0) is 15.8. The second-order valence-electron chi connectivity index (χ2n) is 6.16. The Morgan fingerprint density at radius 3 is 2.78 bits per heavy atom. The predicted molar refractivity (Wildman–Crippen MR) is 91.5 cm³/mol. The maximum Gasteiger partial charge on any atom is 0.134 e. The van der Waals surface area contributed by atoms with Crippen LogP contribution in [0.4, 0.5) is 11.6 Å². The predicted octanol–water partition coefficient (Wildman–Crippen LogP) is 2.63. The van der Waals surface area contributed by atoms with E-state index < -0.39 is 0 Å². The Morgan fingerprint density at radius 2 is 2.04 bits per heavy atom. The van der Waals surface area contributed by atoms with Gasteiger partial charge in [-0.05, 0) is 31.4 Å². The Morgan fingerprint density at radius 1 is 1.22 bits per heavy atom. The number of fused-ring (bicyclic) bond motifs is 1. The fraction of sp³-hybridized carbons (Fsp3) is 0.353. The van der Waals surface area contributed by atoms with Crippen LogP contribution < -0.4 is 10.6 Å². The van der Waals surface area contributed by atoms with Crippen LogP contribution in [0, 0.1) is 6.92 Å². The molecule has 0 unspecified atom stereocenters. The van der Waals surface area contributed by atoms with Crippen molar-refractivity contribution in [3.05, 3.63) is 42.0 Å². The highest BCUT2D eigenvalue weighted by molar-refractivity contribution is 5.78. The van der Waals surface area contributed by atoms with Gasteiger partial charge in [0, 0.05) is 25.1 Å². The number of imidazole rings is 1. The minimum absolute atomic E-state index is 0.470. The Hall–Kier alpha value is -2.63.